The van der Waals surface area contributed by atoms with E-state index in [9.17, 15) is 0 Å². The van der Waals surface area contributed by atoms with E-state index in [1.165, 1.54) is 25.7 Å². The number of hydrogen-bond acceptors (Lipinski definition) is 0. The quantitative estimate of drug-likeness (QED) is 0.543. The highest BCUT2D eigenvalue weighted by atomic mass is 14.5. The third kappa shape index (κ3) is 3.25. The summed E-state index contributed by atoms with van der Waals surface area (Å²) >= 11 is 0. The van der Waals surface area contributed by atoms with Crippen molar-refractivity contribution in [3.63, 3.8) is 0 Å². The van der Waals surface area contributed by atoms with Crippen molar-refractivity contribution in [2.45, 2.75) is 96.8 Å². The van der Waals surface area contributed by atoms with Crippen LogP contribution in [0.4, 0.5) is 0 Å². The molecule has 0 saturated heterocycles. The van der Waals surface area contributed by atoms with Gasteiger partial charge >= 0.3 is 0 Å². The van der Waals surface area contributed by atoms with Crippen LogP contribution in [0, 0.1) is 29.6 Å². The minimum absolute atomic E-state index is 1.11. The smallest absolute Gasteiger partial charge is 0.0326 e. The van der Waals surface area contributed by atoms with Crippen molar-refractivity contribution >= 4 is 0 Å². The molecule has 0 amide bonds. The lowest BCUT2D eigenvalue weighted by molar-refractivity contribution is 0.000326. The second-order valence-electron chi connectivity index (χ2n) is 8.16. The Balaban J connectivity index is 1.72. The van der Waals surface area contributed by atoms with Crippen LogP contribution < -0.4 is 0 Å². The van der Waals surface area contributed by atoms with Crippen LogP contribution in [0.15, 0.2) is 0 Å². The molecule has 0 heterocycles. The Morgan fingerprint density at radius 1 is 0.700 bits per heavy atom. The van der Waals surface area contributed by atoms with Crippen LogP contribution in [0.25, 0.3) is 0 Å². The van der Waals surface area contributed by atoms with Gasteiger partial charge in [0.2, 0.25) is 0 Å². The molecule has 4 atom stereocenters. The second-order valence-corrected chi connectivity index (χ2v) is 8.16. The molecule has 3 fully saturated rings. The molecule has 0 spiro atoms. The highest BCUT2D eigenvalue weighted by Crippen LogP contribution is 2.52. The Bertz CT molecular complexity index is 276. The van der Waals surface area contributed by atoms with E-state index in [4.69, 9.17) is 0 Å². The fourth-order valence-corrected chi connectivity index (χ4v) is 6.13. The number of fused-ring (bicyclic) bond motifs is 1. The van der Waals surface area contributed by atoms with Gasteiger partial charge in [0, 0.05) is 0 Å². The van der Waals surface area contributed by atoms with Gasteiger partial charge in [-0.2, -0.15) is 0 Å². The lowest BCUT2D eigenvalue weighted by Gasteiger charge is -2.50. The monoisotopic (exact) mass is 276 g/mol. The summed E-state index contributed by atoms with van der Waals surface area (Å²) in [5.74, 6) is 5.64. The van der Waals surface area contributed by atoms with Crippen LogP contribution in [0.2, 0.25) is 0 Å². The zero-order chi connectivity index (χ0) is 13.8. The summed E-state index contributed by atoms with van der Waals surface area (Å²) in [6.07, 6.45) is 21.6. The Hall–Kier alpha value is 0. The lowest BCUT2D eigenvalue weighted by Crippen LogP contribution is -2.41. The van der Waals surface area contributed by atoms with E-state index in [-0.39, 0.29) is 0 Å². The van der Waals surface area contributed by atoms with Gasteiger partial charge in [-0.15, -0.1) is 0 Å². The fraction of sp³-hybridized carbons (Fsp3) is 1.00. The van der Waals surface area contributed by atoms with Crippen molar-refractivity contribution < 1.29 is 0 Å². The summed E-state index contributed by atoms with van der Waals surface area (Å²) in [5, 5.41) is 0. The van der Waals surface area contributed by atoms with Crippen LogP contribution >= 0.6 is 0 Å². The number of rotatable bonds is 4. The average Bonchev–Trinajstić information content (AvgIpc) is 2.53. The molecule has 0 aromatic rings. The Labute approximate surface area is 127 Å². The summed E-state index contributed by atoms with van der Waals surface area (Å²) in [6.45, 7) is 2.38. The Kier molecular flexibility index (Phi) is 5.46. The zero-order valence-corrected chi connectivity index (χ0v) is 13.8. The molecule has 0 radical (unpaired) electrons. The summed E-state index contributed by atoms with van der Waals surface area (Å²) in [6, 6.07) is 0. The molecule has 0 N–H and O–H groups in total. The Morgan fingerprint density at radius 3 is 2.20 bits per heavy atom. The molecule has 3 aliphatic carbocycles. The number of hydrogen-bond donors (Lipinski definition) is 0. The normalized spacial score (nSPS) is 39.5. The van der Waals surface area contributed by atoms with Gasteiger partial charge in [0.25, 0.3) is 0 Å². The summed E-state index contributed by atoms with van der Waals surface area (Å²) in [5.41, 5.74) is 0. The molecule has 3 rings (SSSR count). The maximum atomic E-state index is 2.38. The predicted molar refractivity (Wildman–Crippen MR) is 87.8 cm³/mol. The van der Waals surface area contributed by atoms with Gasteiger partial charge in [0.1, 0.15) is 0 Å². The minimum Gasteiger partial charge on any atom is -0.0654 e. The molecular formula is C20H36. The molecule has 0 heteroatoms. The van der Waals surface area contributed by atoms with E-state index in [1.807, 2.05) is 0 Å². The topological polar surface area (TPSA) is 0 Å². The fourth-order valence-electron chi connectivity index (χ4n) is 6.13. The Morgan fingerprint density at radius 2 is 1.40 bits per heavy atom. The third-order valence-corrected chi connectivity index (χ3v) is 7.04. The van der Waals surface area contributed by atoms with E-state index in [0.29, 0.717) is 0 Å². The number of unbranched alkanes of at least 4 members (excludes halogenated alkanes) is 1. The van der Waals surface area contributed by atoms with Crippen molar-refractivity contribution in [3.8, 4) is 0 Å². The first kappa shape index (κ1) is 14.9. The predicted octanol–water partition coefficient (Wildman–Crippen LogP) is 6.59. The molecule has 0 aliphatic heterocycles. The van der Waals surface area contributed by atoms with Crippen LogP contribution in [-0.4, -0.2) is 0 Å². The standard InChI is InChI=1S/C20H36/c1-2-3-9-18-15-14-16-10-7-8-13-19(16)20(18)17-11-5-4-6-12-17/h16-20H,2-15H2,1H3. The molecule has 0 aromatic heterocycles. The molecule has 0 aromatic carbocycles. The van der Waals surface area contributed by atoms with Crippen molar-refractivity contribution in [2.75, 3.05) is 0 Å². The summed E-state index contributed by atoms with van der Waals surface area (Å²) in [4.78, 5) is 0. The average molecular weight is 277 g/mol. The summed E-state index contributed by atoms with van der Waals surface area (Å²) < 4.78 is 0. The molecular weight excluding hydrogens is 240 g/mol. The minimum atomic E-state index is 1.11. The molecule has 3 saturated carbocycles. The van der Waals surface area contributed by atoms with Gasteiger partial charge in [-0.1, -0.05) is 77.6 Å². The van der Waals surface area contributed by atoms with Crippen LogP contribution in [-0.2, 0) is 0 Å². The largest absolute Gasteiger partial charge is 0.0654 e. The molecule has 0 nitrogen and oxygen atoms in total. The van der Waals surface area contributed by atoms with E-state index >= 15 is 0 Å². The molecule has 0 bridgehead atoms. The first-order chi connectivity index (χ1) is 9.90. The van der Waals surface area contributed by atoms with Gasteiger partial charge in [-0.25, -0.2) is 0 Å². The van der Waals surface area contributed by atoms with Crippen molar-refractivity contribution in [2.24, 2.45) is 29.6 Å². The van der Waals surface area contributed by atoms with Crippen LogP contribution in [0.5, 0.6) is 0 Å². The highest BCUT2D eigenvalue weighted by Gasteiger charge is 2.43. The van der Waals surface area contributed by atoms with Crippen molar-refractivity contribution in [3.05, 3.63) is 0 Å². The SMILES string of the molecule is CCCCC1CCC2CCCCC2C1C1CCCCC1. The van der Waals surface area contributed by atoms with Gasteiger partial charge < -0.3 is 0 Å². The molecule has 3 aliphatic rings. The summed E-state index contributed by atoms with van der Waals surface area (Å²) in [7, 11) is 0. The maximum absolute atomic E-state index is 2.38. The van der Waals surface area contributed by atoms with Crippen LogP contribution in [0.1, 0.15) is 96.8 Å². The third-order valence-electron chi connectivity index (χ3n) is 7.04. The highest BCUT2D eigenvalue weighted by molar-refractivity contribution is 4.93. The van der Waals surface area contributed by atoms with Gasteiger partial charge in [0.15, 0.2) is 0 Å². The van der Waals surface area contributed by atoms with Gasteiger partial charge in [-0.3, -0.25) is 0 Å². The van der Waals surface area contributed by atoms with Gasteiger partial charge in [-0.05, 0) is 48.9 Å². The molecule has 20 heavy (non-hydrogen) atoms. The first-order valence-corrected chi connectivity index (χ1v) is 9.90. The molecule has 4 unspecified atom stereocenters. The maximum Gasteiger partial charge on any atom is -0.0326 e. The van der Waals surface area contributed by atoms with E-state index in [2.05, 4.69) is 6.92 Å². The van der Waals surface area contributed by atoms with Crippen LogP contribution in [0.3, 0.4) is 0 Å². The van der Waals surface area contributed by atoms with Gasteiger partial charge in [0.05, 0.1) is 0 Å². The van der Waals surface area contributed by atoms with E-state index in [1.54, 1.807) is 64.2 Å². The first-order valence-electron chi connectivity index (χ1n) is 9.90. The van der Waals surface area contributed by atoms with Crippen molar-refractivity contribution in [1.82, 2.24) is 0 Å². The van der Waals surface area contributed by atoms with E-state index < -0.39 is 0 Å². The van der Waals surface area contributed by atoms with Crippen molar-refractivity contribution in [1.29, 1.82) is 0 Å². The zero-order valence-electron chi connectivity index (χ0n) is 13.8. The second kappa shape index (κ2) is 7.32. The lowest BCUT2D eigenvalue weighted by atomic mass is 9.55. The molecule has 116 valence electrons. The van der Waals surface area contributed by atoms with E-state index in [0.717, 1.165) is 29.6 Å².